The van der Waals surface area contributed by atoms with Crippen LogP contribution in [0.4, 0.5) is 0 Å². The zero-order valence-electron chi connectivity index (χ0n) is 8.93. The van der Waals surface area contributed by atoms with E-state index in [-0.39, 0.29) is 6.16 Å². The van der Waals surface area contributed by atoms with E-state index in [4.69, 9.17) is 9.08 Å². The van der Waals surface area contributed by atoms with Crippen LogP contribution in [0.2, 0.25) is 0 Å². The van der Waals surface area contributed by atoms with Gasteiger partial charge in [-0.25, -0.2) is 0 Å². The van der Waals surface area contributed by atoms with Crippen LogP contribution < -0.4 is 0 Å². The van der Waals surface area contributed by atoms with E-state index in [1.54, 1.807) is 6.92 Å². The summed E-state index contributed by atoms with van der Waals surface area (Å²) in [6.45, 7) is 2.95. The van der Waals surface area contributed by atoms with Crippen molar-refractivity contribution < 1.29 is 22.1 Å². The van der Waals surface area contributed by atoms with Gasteiger partial charge in [0.25, 0.3) is 10.1 Å². The van der Waals surface area contributed by atoms with Gasteiger partial charge in [0.05, 0.1) is 5.75 Å². The summed E-state index contributed by atoms with van der Waals surface area (Å²) < 4.78 is 46.3. The van der Waals surface area contributed by atoms with Gasteiger partial charge >= 0.3 is 0 Å². The Morgan fingerprint density at radius 3 is 2.40 bits per heavy atom. The molecule has 0 aliphatic rings. The van der Waals surface area contributed by atoms with Crippen LogP contribution in [0, 0.1) is 17.8 Å². The molecule has 15 heavy (non-hydrogen) atoms. The van der Waals surface area contributed by atoms with Crippen LogP contribution in [-0.2, 0) is 19.2 Å². The first-order valence-electron chi connectivity index (χ1n) is 4.20. The Bertz CT molecular complexity index is 402. The molecule has 0 saturated carbocycles. The summed E-state index contributed by atoms with van der Waals surface area (Å²) in [7, 11) is -5.63. The van der Waals surface area contributed by atoms with Crippen molar-refractivity contribution in [2.75, 3.05) is 25.7 Å². The second-order valence-electron chi connectivity index (χ2n) is 3.22. The van der Waals surface area contributed by atoms with Gasteiger partial charge < -0.3 is 4.52 Å². The average molecular weight is 254 g/mol. The van der Waals surface area contributed by atoms with Crippen molar-refractivity contribution in [3.63, 3.8) is 0 Å². The molecule has 0 amide bonds. The minimum atomic E-state index is -4.11. The topological polar surface area (TPSA) is 80.7 Å². The lowest BCUT2D eigenvalue weighted by molar-refractivity contribution is 0.395. The fourth-order valence-corrected chi connectivity index (χ4v) is 3.13. The van der Waals surface area contributed by atoms with Crippen molar-refractivity contribution in [2.45, 2.75) is 6.92 Å². The van der Waals surface area contributed by atoms with Crippen LogP contribution in [0.1, 0.15) is 6.92 Å². The molecule has 0 rings (SSSR count). The summed E-state index contributed by atoms with van der Waals surface area (Å²) >= 11 is 0. The summed E-state index contributed by atoms with van der Waals surface area (Å²) in [5.74, 6) is 3.94. The molecule has 0 aromatic carbocycles. The highest BCUT2D eigenvalue weighted by Crippen LogP contribution is 2.43. The van der Waals surface area contributed by atoms with Crippen LogP contribution in [0.3, 0.4) is 0 Å². The zero-order chi connectivity index (χ0) is 12.1. The molecule has 2 unspecified atom stereocenters. The molecule has 0 heterocycles. The van der Waals surface area contributed by atoms with Gasteiger partial charge in [-0.05, 0) is 6.92 Å². The third-order valence-electron chi connectivity index (χ3n) is 1.70. The van der Waals surface area contributed by atoms with E-state index in [9.17, 15) is 13.0 Å². The largest absolute Gasteiger partial charge is 0.332 e. The minimum absolute atomic E-state index is 0.0180. The first-order valence-corrected chi connectivity index (χ1v) is 8.06. The Kier molecular flexibility index (Phi) is 5.54. The number of hydrogen-bond acceptors (Lipinski definition) is 4. The Morgan fingerprint density at radius 1 is 1.53 bits per heavy atom. The first kappa shape index (κ1) is 14.7. The Labute approximate surface area is 90.4 Å². The van der Waals surface area contributed by atoms with Crippen LogP contribution in [0.25, 0.3) is 0 Å². The molecule has 0 radical (unpaired) electrons. The molecule has 7 heteroatoms. The lowest BCUT2D eigenvalue weighted by atomic mass is 10.2. The minimum Gasteiger partial charge on any atom is -0.332 e. The van der Waals surface area contributed by atoms with Crippen LogP contribution in [0.15, 0.2) is 0 Å². The summed E-state index contributed by atoms with van der Waals surface area (Å²) in [6.07, 6.45) is 0.0180. The van der Waals surface area contributed by atoms with Gasteiger partial charge in [-0.2, -0.15) is 8.42 Å². The third kappa shape index (κ3) is 7.57. The highest BCUT2D eigenvalue weighted by molar-refractivity contribution is 7.85. The molecule has 0 aromatic rings. The van der Waals surface area contributed by atoms with E-state index >= 15 is 0 Å². The molecule has 5 nitrogen and oxygen atoms in total. The second kappa shape index (κ2) is 5.66. The SMILES string of the molecule is CC#CC(CP(C)(=O)OC)CS(=O)(=O)O. The smallest absolute Gasteiger partial charge is 0.266 e. The summed E-state index contributed by atoms with van der Waals surface area (Å²) in [4.78, 5) is 0. The summed E-state index contributed by atoms with van der Waals surface area (Å²) in [5, 5.41) is 0. The lowest BCUT2D eigenvalue weighted by Gasteiger charge is -2.14. The van der Waals surface area contributed by atoms with E-state index < -0.39 is 29.2 Å². The predicted octanol–water partition coefficient (Wildman–Crippen LogP) is 1.07. The predicted molar refractivity (Wildman–Crippen MR) is 58.8 cm³/mol. The van der Waals surface area contributed by atoms with E-state index in [2.05, 4.69) is 11.8 Å². The quantitative estimate of drug-likeness (QED) is 0.451. The van der Waals surface area contributed by atoms with E-state index in [0.29, 0.717) is 0 Å². The lowest BCUT2D eigenvalue weighted by Crippen LogP contribution is -2.17. The average Bonchev–Trinajstić information content (AvgIpc) is 2.01. The normalized spacial score (nSPS) is 17.3. The molecule has 0 spiro atoms. The van der Waals surface area contributed by atoms with E-state index in [1.807, 2.05) is 0 Å². The molecule has 0 fully saturated rings. The van der Waals surface area contributed by atoms with Crippen molar-refractivity contribution in [3.8, 4) is 11.8 Å². The number of rotatable bonds is 5. The van der Waals surface area contributed by atoms with Gasteiger partial charge in [-0.3, -0.25) is 9.12 Å². The summed E-state index contributed by atoms with van der Waals surface area (Å²) in [5.41, 5.74) is 0. The van der Waals surface area contributed by atoms with Gasteiger partial charge in [0.1, 0.15) is 0 Å². The summed E-state index contributed by atoms with van der Waals surface area (Å²) in [6, 6.07) is 0. The Morgan fingerprint density at radius 2 is 2.07 bits per heavy atom. The van der Waals surface area contributed by atoms with Gasteiger partial charge in [-0.1, -0.05) is 5.92 Å². The van der Waals surface area contributed by atoms with Crippen molar-refractivity contribution in [1.29, 1.82) is 0 Å². The van der Waals surface area contributed by atoms with Crippen LogP contribution in [0.5, 0.6) is 0 Å². The fraction of sp³-hybridized carbons (Fsp3) is 0.750. The van der Waals surface area contributed by atoms with Gasteiger partial charge in [0.15, 0.2) is 0 Å². The molecular formula is C8H15O5PS. The van der Waals surface area contributed by atoms with E-state index in [0.717, 1.165) is 0 Å². The van der Waals surface area contributed by atoms with Gasteiger partial charge in [-0.15, -0.1) is 5.92 Å². The molecule has 0 aliphatic heterocycles. The maximum Gasteiger partial charge on any atom is 0.266 e. The molecular weight excluding hydrogens is 239 g/mol. The maximum atomic E-state index is 11.6. The molecule has 2 atom stereocenters. The molecule has 1 N–H and O–H groups in total. The molecule has 0 saturated heterocycles. The molecule has 0 aliphatic carbocycles. The Balaban J connectivity index is 4.69. The standard InChI is InChI=1S/C8H15O5PS/c1-4-5-8(7-15(10,11)12)6-14(3,9)13-2/h8H,6-7H2,1-3H3,(H,10,11,12). The van der Waals surface area contributed by atoms with Crippen LogP contribution >= 0.6 is 7.37 Å². The molecule has 0 bridgehead atoms. The van der Waals surface area contributed by atoms with E-state index in [1.165, 1.54) is 13.8 Å². The third-order valence-corrected chi connectivity index (χ3v) is 4.40. The van der Waals surface area contributed by atoms with Crippen molar-refractivity contribution in [1.82, 2.24) is 0 Å². The van der Waals surface area contributed by atoms with Crippen LogP contribution in [-0.4, -0.2) is 38.7 Å². The second-order valence-corrected chi connectivity index (χ2v) is 7.47. The molecule has 88 valence electrons. The maximum absolute atomic E-state index is 11.6. The van der Waals surface area contributed by atoms with Gasteiger partial charge in [0.2, 0.25) is 7.37 Å². The highest BCUT2D eigenvalue weighted by atomic mass is 32.2. The fourth-order valence-electron chi connectivity index (χ4n) is 1.07. The molecule has 0 aromatic heterocycles. The van der Waals surface area contributed by atoms with Crippen molar-refractivity contribution in [2.24, 2.45) is 5.92 Å². The first-order chi connectivity index (χ1) is 6.70. The number of hydrogen-bond donors (Lipinski definition) is 1. The van der Waals surface area contributed by atoms with Gasteiger partial charge in [0, 0.05) is 25.9 Å². The monoisotopic (exact) mass is 254 g/mol. The zero-order valence-corrected chi connectivity index (χ0v) is 10.6. The Hall–Kier alpha value is -0.340. The highest BCUT2D eigenvalue weighted by Gasteiger charge is 2.23. The van der Waals surface area contributed by atoms with Crippen molar-refractivity contribution in [3.05, 3.63) is 0 Å². The van der Waals surface area contributed by atoms with Crippen molar-refractivity contribution >= 4 is 17.5 Å².